The van der Waals surface area contributed by atoms with E-state index in [9.17, 15) is 0 Å². The molecular weight excluding hydrogens is 290 g/mol. The van der Waals surface area contributed by atoms with Crippen LogP contribution in [0, 0.1) is 11.8 Å². The zero-order chi connectivity index (χ0) is 14.8. The van der Waals surface area contributed by atoms with Crippen LogP contribution in [0.1, 0.15) is 20.3 Å². The molecule has 0 N–H and O–H groups in total. The molecule has 0 aromatic carbocycles. The molecule has 1 aromatic heterocycles. The third kappa shape index (κ3) is 3.55. The van der Waals surface area contributed by atoms with Crippen LogP contribution in [0.2, 0.25) is 5.28 Å². The lowest BCUT2D eigenvalue weighted by molar-refractivity contribution is 0.122. The number of ether oxygens (including phenoxy) is 1. The molecule has 2 aliphatic rings. The Morgan fingerprint density at radius 3 is 2.14 bits per heavy atom. The van der Waals surface area contributed by atoms with Crippen molar-refractivity contribution in [2.75, 3.05) is 49.2 Å². The summed E-state index contributed by atoms with van der Waals surface area (Å²) in [5.74, 6) is 2.67. The molecule has 0 radical (unpaired) electrons. The minimum absolute atomic E-state index is 0.271. The summed E-state index contributed by atoms with van der Waals surface area (Å²) in [6, 6.07) is 0. The van der Waals surface area contributed by atoms with Crippen LogP contribution >= 0.6 is 11.6 Å². The van der Waals surface area contributed by atoms with Crippen LogP contribution < -0.4 is 9.80 Å². The first-order valence-electron chi connectivity index (χ1n) is 7.61. The molecule has 3 rings (SSSR count). The van der Waals surface area contributed by atoms with Crippen LogP contribution in [0.15, 0.2) is 0 Å². The molecule has 2 atom stereocenters. The van der Waals surface area contributed by atoms with Gasteiger partial charge >= 0.3 is 0 Å². The van der Waals surface area contributed by atoms with Gasteiger partial charge in [-0.15, -0.1) is 0 Å². The molecule has 0 aliphatic carbocycles. The number of morpholine rings is 1. The first-order valence-corrected chi connectivity index (χ1v) is 7.99. The van der Waals surface area contributed by atoms with Gasteiger partial charge in [-0.2, -0.15) is 15.0 Å². The highest BCUT2D eigenvalue weighted by atomic mass is 35.5. The maximum atomic E-state index is 6.11. The van der Waals surface area contributed by atoms with Crippen molar-refractivity contribution in [3.63, 3.8) is 0 Å². The van der Waals surface area contributed by atoms with Crippen LogP contribution in [-0.4, -0.2) is 54.3 Å². The molecule has 7 heteroatoms. The predicted molar refractivity (Wildman–Crippen MR) is 83.0 cm³/mol. The van der Waals surface area contributed by atoms with E-state index in [-0.39, 0.29) is 5.28 Å². The van der Waals surface area contributed by atoms with E-state index in [1.54, 1.807) is 0 Å². The Hall–Kier alpha value is -1.14. The van der Waals surface area contributed by atoms with Gasteiger partial charge in [-0.1, -0.05) is 13.8 Å². The van der Waals surface area contributed by atoms with Gasteiger partial charge in [0.15, 0.2) is 0 Å². The van der Waals surface area contributed by atoms with E-state index in [1.807, 2.05) is 0 Å². The zero-order valence-corrected chi connectivity index (χ0v) is 13.4. The second kappa shape index (κ2) is 6.32. The molecule has 0 amide bonds. The Bertz CT molecular complexity index is 484. The lowest BCUT2D eigenvalue weighted by Gasteiger charge is -2.35. The highest BCUT2D eigenvalue weighted by Gasteiger charge is 2.25. The van der Waals surface area contributed by atoms with E-state index in [0.717, 1.165) is 26.2 Å². The third-order valence-corrected chi connectivity index (χ3v) is 4.20. The lowest BCUT2D eigenvalue weighted by Crippen LogP contribution is -2.41. The Labute approximate surface area is 130 Å². The molecule has 0 bridgehead atoms. The van der Waals surface area contributed by atoms with Crippen molar-refractivity contribution in [3.8, 4) is 0 Å². The van der Waals surface area contributed by atoms with E-state index >= 15 is 0 Å². The smallest absolute Gasteiger partial charge is 0.231 e. The van der Waals surface area contributed by atoms with Crippen molar-refractivity contribution in [1.82, 2.24) is 15.0 Å². The number of hydrogen-bond donors (Lipinski definition) is 0. The van der Waals surface area contributed by atoms with Crippen LogP contribution in [0.3, 0.4) is 0 Å². The largest absolute Gasteiger partial charge is 0.378 e. The normalized spacial score (nSPS) is 27.0. The molecule has 6 nitrogen and oxygen atoms in total. The van der Waals surface area contributed by atoms with E-state index in [0.29, 0.717) is 36.9 Å². The van der Waals surface area contributed by atoms with Gasteiger partial charge < -0.3 is 14.5 Å². The minimum Gasteiger partial charge on any atom is -0.378 e. The number of anilines is 2. The van der Waals surface area contributed by atoms with Crippen molar-refractivity contribution in [2.45, 2.75) is 20.3 Å². The summed E-state index contributed by atoms with van der Waals surface area (Å²) in [6.07, 6.45) is 1.26. The zero-order valence-electron chi connectivity index (χ0n) is 12.6. The molecule has 0 spiro atoms. The fraction of sp³-hybridized carbons (Fsp3) is 0.786. The average molecular weight is 312 g/mol. The monoisotopic (exact) mass is 311 g/mol. The van der Waals surface area contributed by atoms with E-state index in [2.05, 4.69) is 38.6 Å². The SMILES string of the molecule is CC1CC(C)CN(c2nc(Cl)nc(N3CCOCC3)n2)C1. The maximum Gasteiger partial charge on any atom is 0.231 e. The Morgan fingerprint density at radius 2 is 1.52 bits per heavy atom. The van der Waals surface area contributed by atoms with Crippen LogP contribution in [-0.2, 0) is 4.74 Å². The molecule has 2 aliphatic heterocycles. The molecular formula is C14H22ClN5O. The fourth-order valence-corrected chi connectivity index (χ4v) is 3.35. The first-order chi connectivity index (χ1) is 10.1. The molecule has 116 valence electrons. The second-order valence-corrected chi connectivity index (χ2v) is 6.49. The third-order valence-electron chi connectivity index (χ3n) is 4.03. The standard InChI is InChI=1S/C14H22ClN5O/c1-10-7-11(2)9-20(8-10)14-17-12(15)16-13(18-14)19-3-5-21-6-4-19/h10-11H,3-9H2,1-2H3. The van der Waals surface area contributed by atoms with Gasteiger partial charge in [0.05, 0.1) is 13.2 Å². The lowest BCUT2D eigenvalue weighted by atomic mass is 9.92. The van der Waals surface area contributed by atoms with Gasteiger partial charge in [0, 0.05) is 26.2 Å². The van der Waals surface area contributed by atoms with Crippen LogP contribution in [0.5, 0.6) is 0 Å². The number of halogens is 1. The highest BCUT2D eigenvalue weighted by Crippen LogP contribution is 2.25. The van der Waals surface area contributed by atoms with Crippen molar-refractivity contribution in [1.29, 1.82) is 0 Å². The van der Waals surface area contributed by atoms with Gasteiger partial charge in [0.2, 0.25) is 17.2 Å². The van der Waals surface area contributed by atoms with Gasteiger partial charge in [0.25, 0.3) is 0 Å². The van der Waals surface area contributed by atoms with E-state index in [1.165, 1.54) is 6.42 Å². The van der Waals surface area contributed by atoms with Gasteiger partial charge in [-0.05, 0) is 29.9 Å². The minimum atomic E-state index is 0.271. The maximum absolute atomic E-state index is 6.11. The summed E-state index contributed by atoms with van der Waals surface area (Å²) >= 11 is 6.11. The second-order valence-electron chi connectivity index (χ2n) is 6.15. The topological polar surface area (TPSA) is 54.4 Å². The van der Waals surface area contributed by atoms with Crippen molar-refractivity contribution in [3.05, 3.63) is 5.28 Å². The van der Waals surface area contributed by atoms with Gasteiger partial charge in [-0.25, -0.2) is 0 Å². The molecule has 2 fully saturated rings. The number of hydrogen-bond acceptors (Lipinski definition) is 6. The number of nitrogens with zero attached hydrogens (tertiary/aromatic N) is 5. The van der Waals surface area contributed by atoms with Crippen molar-refractivity contribution < 1.29 is 4.74 Å². The quantitative estimate of drug-likeness (QED) is 0.831. The van der Waals surface area contributed by atoms with Crippen molar-refractivity contribution >= 4 is 23.5 Å². The van der Waals surface area contributed by atoms with Crippen LogP contribution in [0.25, 0.3) is 0 Å². The number of aromatic nitrogens is 3. The predicted octanol–water partition coefficient (Wildman–Crippen LogP) is 1.84. The Morgan fingerprint density at radius 1 is 0.952 bits per heavy atom. The first kappa shape index (κ1) is 14.8. The fourth-order valence-electron chi connectivity index (χ4n) is 3.20. The summed E-state index contributed by atoms with van der Waals surface area (Å²) in [5.41, 5.74) is 0. The molecule has 2 unspecified atom stereocenters. The van der Waals surface area contributed by atoms with Gasteiger partial charge in [-0.3, -0.25) is 0 Å². The van der Waals surface area contributed by atoms with E-state index < -0.39 is 0 Å². The van der Waals surface area contributed by atoms with Gasteiger partial charge in [0.1, 0.15) is 0 Å². The summed E-state index contributed by atoms with van der Waals surface area (Å²) in [6.45, 7) is 9.51. The van der Waals surface area contributed by atoms with Crippen molar-refractivity contribution in [2.24, 2.45) is 11.8 Å². The van der Waals surface area contributed by atoms with E-state index in [4.69, 9.17) is 16.3 Å². The Balaban J connectivity index is 1.83. The highest BCUT2D eigenvalue weighted by molar-refractivity contribution is 6.28. The summed E-state index contributed by atoms with van der Waals surface area (Å²) in [5, 5.41) is 0.271. The summed E-state index contributed by atoms with van der Waals surface area (Å²) in [4.78, 5) is 17.6. The number of piperidine rings is 1. The summed E-state index contributed by atoms with van der Waals surface area (Å²) in [7, 11) is 0. The Kier molecular flexibility index (Phi) is 4.45. The molecule has 2 saturated heterocycles. The van der Waals surface area contributed by atoms with Crippen LogP contribution in [0.4, 0.5) is 11.9 Å². The molecule has 1 aromatic rings. The molecule has 3 heterocycles. The average Bonchev–Trinajstić information content (AvgIpc) is 2.46. The number of rotatable bonds is 2. The molecule has 21 heavy (non-hydrogen) atoms. The molecule has 0 saturated carbocycles. The summed E-state index contributed by atoms with van der Waals surface area (Å²) < 4.78 is 5.37.